The second-order valence-corrected chi connectivity index (χ2v) is 5.41. The van der Waals surface area contributed by atoms with E-state index >= 15 is 0 Å². The van der Waals surface area contributed by atoms with Crippen molar-refractivity contribution in [2.75, 3.05) is 19.8 Å². The van der Waals surface area contributed by atoms with E-state index in [1.54, 1.807) is 0 Å². The minimum Gasteiger partial charge on any atom is -0.466 e. The van der Waals surface area contributed by atoms with Crippen molar-refractivity contribution < 1.29 is 33.4 Å². The van der Waals surface area contributed by atoms with Gasteiger partial charge in [-0.15, -0.1) is 0 Å². The topological polar surface area (TPSA) is 122 Å². The van der Waals surface area contributed by atoms with Gasteiger partial charge in [-0.3, -0.25) is 19.2 Å². The lowest BCUT2D eigenvalue weighted by Gasteiger charge is -2.32. The third kappa shape index (κ3) is 11.1. The van der Waals surface area contributed by atoms with Crippen LogP contribution >= 0.6 is 0 Å². The molecular weight excluding hydrogens is 306 g/mol. The lowest BCUT2D eigenvalue weighted by atomic mass is 9.75. The van der Waals surface area contributed by atoms with Crippen LogP contribution in [0, 0.1) is 5.41 Å². The molecule has 132 valence electrons. The minimum absolute atomic E-state index is 0.0107. The van der Waals surface area contributed by atoms with E-state index in [0.717, 1.165) is 0 Å². The Kier molecular flexibility index (Phi) is 9.60. The molecule has 23 heavy (non-hydrogen) atoms. The molecule has 0 unspecified atom stereocenters. The van der Waals surface area contributed by atoms with Gasteiger partial charge < -0.3 is 19.9 Å². The van der Waals surface area contributed by atoms with Gasteiger partial charge in [0.05, 0.1) is 19.8 Å². The van der Waals surface area contributed by atoms with Gasteiger partial charge >= 0.3 is 17.9 Å². The summed E-state index contributed by atoms with van der Waals surface area (Å²) in [6, 6.07) is 0. The predicted molar refractivity (Wildman–Crippen MR) is 80.0 cm³/mol. The standard InChI is InChI=1S/C15H25NO7/c1-11(17)21-7-4-15(10-14(16)20,5-8-22-12(2)18)6-9-23-13(3)19/h4-10H2,1-3H3,(H2,16,20). The molecule has 0 aliphatic rings. The summed E-state index contributed by atoms with van der Waals surface area (Å²) in [5, 5.41) is 0. The molecule has 0 fully saturated rings. The largest absolute Gasteiger partial charge is 0.466 e. The Morgan fingerprint density at radius 1 is 0.739 bits per heavy atom. The van der Waals surface area contributed by atoms with Crippen molar-refractivity contribution in [1.82, 2.24) is 0 Å². The number of ether oxygens (including phenoxy) is 3. The Bertz CT molecular complexity index is 383. The Balaban J connectivity index is 4.91. The van der Waals surface area contributed by atoms with Crippen LogP contribution in [0.15, 0.2) is 0 Å². The summed E-state index contributed by atoms with van der Waals surface area (Å²) in [5.74, 6) is -1.83. The number of hydrogen-bond donors (Lipinski definition) is 1. The average molecular weight is 331 g/mol. The molecule has 0 rings (SSSR count). The van der Waals surface area contributed by atoms with Crippen LogP contribution in [-0.4, -0.2) is 43.6 Å². The van der Waals surface area contributed by atoms with E-state index in [2.05, 4.69) is 0 Å². The highest BCUT2D eigenvalue weighted by Gasteiger charge is 2.32. The molecule has 0 saturated carbocycles. The van der Waals surface area contributed by atoms with Crippen LogP contribution in [0.5, 0.6) is 0 Å². The zero-order chi connectivity index (χ0) is 17.9. The number of carbonyl (C=O) groups excluding carboxylic acids is 4. The van der Waals surface area contributed by atoms with Gasteiger partial charge in [0.1, 0.15) is 0 Å². The van der Waals surface area contributed by atoms with Crippen molar-refractivity contribution in [3.8, 4) is 0 Å². The van der Waals surface area contributed by atoms with E-state index in [1.165, 1.54) is 20.8 Å². The Morgan fingerprint density at radius 2 is 1.04 bits per heavy atom. The van der Waals surface area contributed by atoms with Gasteiger partial charge in [0, 0.05) is 27.2 Å². The first-order chi connectivity index (χ1) is 10.7. The molecule has 0 heterocycles. The number of rotatable bonds is 11. The fourth-order valence-electron chi connectivity index (χ4n) is 2.24. The van der Waals surface area contributed by atoms with Crippen LogP contribution in [0.3, 0.4) is 0 Å². The number of nitrogens with two attached hydrogens (primary N) is 1. The van der Waals surface area contributed by atoms with E-state index < -0.39 is 29.2 Å². The van der Waals surface area contributed by atoms with Gasteiger partial charge in [-0.05, 0) is 24.7 Å². The summed E-state index contributed by atoms with van der Waals surface area (Å²) >= 11 is 0. The summed E-state index contributed by atoms with van der Waals surface area (Å²) < 4.78 is 14.8. The quantitative estimate of drug-likeness (QED) is 0.437. The number of hydrogen-bond acceptors (Lipinski definition) is 7. The van der Waals surface area contributed by atoms with Crippen LogP contribution in [-0.2, 0) is 33.4 Å². The molecule has 0 aromatic heterocycles. The highest BCUT2D eigenvalue weighted by atomic mass is 16.5. The first-order valence-corrected chi connectivity index (χ1v) is 7.35. The summed E-state index contributed by atoms with van der Waals surface area (Å²) in [5.41, 5.74) is 4.64. The molecule has 0 atom stereocenters. The van der Waals surface area contributed by atoms with Gasteiger partial charge in [0.15, 0.2) is 0 Å². The molecule has 0 spiro atoms. The van der Waals surface area contributed by atoms with Crippen molar-refractivity contribution >= 4 is 23.8 Å². The third-order valence-corrected chi connectivity index (χ3v) is 3.36. The van der Waals surface area contributed by atoms with Crippen molar-refractivity contribution in [2.24, 2.45) is 11.1 Å². The summed E-state index contributed by atoms with van der Waals surface area (Å²) in [7, 11) is 0. The van der Waals surface area contributed by atoms with Crippen molar-refractivity contribution in [2.45, 2.75) is 46.5 Å². The molecule has 0 saturated heterocycles. The highest BCUT2D eigenvalue weighted by molar-refractivity contribution is 5.74. The maximum Gasteiger partial charge on any atom is 0.302 e. The third-order valence-electron chi connectivity index (χ3n) is 3.36. The van der Waals surface area contributed by atoms with Crippen LogP contribution in [0.2, 0.25) is 0 Å². The van der Waals surface area contributed by atoms with Gasteiger partial charge in [-0.25, -0.2) is 0 Å². The molecule has 0 aromatic carbocycles. The lowest BCUT2D eigenvalue weighted by Crippen LogP contribution is -2.33. The zero-order valence-corrected chi connectivity index (χ0v) is 13.9. The van der Waals surface area contributed by atoms with E-state index in [0.29, 0.717) is 19.3 Å². The first-order valence-electron chi connectivity index (χ1n) is 7.35. The van der Waals surface area contributed by atoms with Crippen molar-refractivity contribution in [3.05, 3.63) is 0 Å². The molecule has 8 heteroatoms. The predicted octanol–water partition coefficient (Wildman–Crippen LogP) is 0.708. The molecule has 0 aliphatic carbocycles. The molecular formula is C15H25NO7. The fourth-order valence-corrected chi connectivity index (χ4v) is 2.24. The maximum atomic E-state index is 11.4. The van der Waals surface area contributed by atoms with Gasteiger partial charge in [0.2, 0.25) is 5.91 Å². The smallest absolute Gasteiger partial charge is 0.302 e. The SMILES string of the molecule is CC(=O)OCCC(CCOC(C)=O)(CCOC(C)=O)CC(N)=O. The molecule has 0 radical (unpaired) electrons. The average Bonchev–Trinajstić information content (AvgIpc) is 2.36. The maximum absolute atomic E-state index is 11.4. The minimum atomic E-state index is -0.674. The van der Waals surface area contributed by atoms with E-state index in [9.17, 15) is 19.2 Å². The highest BCUT2D eigenvalue weighted by Crippen LogP contribution is 2.35. The number of carbonyl (C=O) groups is 4. The second-order valence-electron chi connectivity index (χ2n) is 5.41. The fraction of sp³-hybridized carbons (Fsp3) is 0.733. The molecule has 2 N–H and O–H groups in total. The molecule has 1 amide bonds. The van der Waals surface area contributed by atoms with Gasteiger partial charge in [-0.2, -0.15) is 0 Å². The van der Waals surface area contributed by atoms with Crippen molar-refractivity contribution in [3.63, 3.8) is 0 Å². The summed E-state index contributed by atoms with van der Waals surface area (Å²) in [4.78, 5) is 44.1. The number of amides is 1. The van der Waals surface area contributed by atoms with Crippen LogP contribution in [0.1, 0.15) is 46.5 Å². The first kappa shape index (κ1) is 20.9. The number of primary amides is 1. The van der Waals surface area contributed by atoms with Crippen molar-refractivity contribution in [1.29, 1.82) is 0 Å². The van der Waals surface area contributed by atoms with Gasteiger partial charge in [0.25, 0.3) is 0 Å². The Labute approximate surface area is 135 Å². The van der Waals surface area contributed by atoms with Crippen LogP contribution in [0.25, 0.3) is 0 Å². The normalized spacial score (nSPS) is 10.7. The van der Waals surface area contributed by atoms with Crippen LogP contribution in [0.4, 0.5) is 0 Å². The monoisotopic (exact) mass is 331 g/mol. The summed E-state index contributed by atoms with van der Waals surface area (Å²) in [6.07, 6.45) is 1.05. The van der Waals surface area contributed by atoms with E-state index in [1.807, 2.05) is 0 Å². The zero-order valence-electron chi connectivity index (χ0n) is 13.9. The van der Waals surface area contributed by atoms with E-state index in [4.69, 9.17) is 19.9 Å². The number of esters is 3. The van der Waals surface area contributed by atoms with Crippen LogP contribution < -0.4 is 5.73 Å². The molecule has 0 aliphatic heterocycles. The molecule has 0 aromatic rings. The molecule has 0 bridgehead atoms. The Morgan fingerprint density at radius 3 is 1.26 bits per heavy atom. The summed E-state index contributed by atoms with van der Waals surface area (Å²) in [6.45, 7) is 4.16. The second kappa shape index (κ2) is 10.6. The van der Waals surface area contributed by atoms with E-state index in [-0.39, 0.29) is 26.2 Å². The lowest BCUT2D eigenvalue weighted by molar-refractivity contribution is -0.143. The Hall–Kier alpha value is -2.12. The van der Waals surface area contributed by atoms with Gasteiger partial charge in [-0.1, -0.05) is 0 Å². The molecule has 8 nitrogen and oxygen atoms in total.